The molecule has 24 heavy (non-hydrogen) atoms. The molecule has 1 aromatic carbocycles. The van der Waals surface area contributed by atoms with Gasteiger partial charge in [-0.05, 0) is 36.4 Å². The van der Waals surface area contributed by atoms with Gasteiger partial charge in [-0.3, -0.25) is 4.79 Å². The molecule has 0 amide bonds. The number of esters is 1. The van der Waals surface area contributed by atoms with Crippen LogP contribution >= 0.6 is 0 Å². The highest BCUT2D eigenvalue weighted by Crippen LogP contribution is 2.17. The molecular weight excluding hydrogens is 308 g/mol. The van der Waals surface area contributed by atoms with Gasteiger partial charge >= 0.3 is 5.97 Å². The standard InChI is InChI=1S/C18H16N2O4/c21-17(16-8-3-9-19-16)12-24-18(22)14-6-1-2-7-15(14)20-11-13-5-4-10-23-13/h1-10,19-20H,11-12H2. The van der Waals surface area contributed by atoms with Gasteiger partial charge in [0.1, 0.15) is 5.76 Å². The Balaban J connectivity index is 1.63. The highest BCUT2D eigenvalue weighted by Gasteiger charge is 2.15. The Labute approximate surface area is 138 Å². The molecule has 0 unspecified atom stereocenters. The lowest BCUT2D eigenvalue weighted by Crippen LogP contribution is -2.16. The van der Waals surface area contributed by atoms with Crippen molar-refractivity contribution in [3.8, 4) is 0 Å². The summed E-state index contributed by atoms with van der Waals surface area (Å²) in [4.78, 5) is 26.9. The molecule has 0 saturated heterocycles. The number of carbonyl (C=O) groups excluding carboxylic acids is 2. The third-order valence-electron chi connectivity index (χ3n) is 3.41. The Hall–Kier alpha value is -3.28. The van der Waals surface area contributed by atoms with Crippen molar-refractivity contribution in [2.75, 3.05) is 11.9 Å². The second-order valence-corrected chi connectivity index (χ2v) is 5.06. The fourth-order valence-corrected chi connectivity index (χ4v) is 2.20. The van der Waals surface area contributed by atoms with Gasteiger partial charge in [-0.25, -0.2) is 4.79 Å². The molecule has 3 rings (SSSR count). The molecule has 0 bridgehead atoms. The van der Waals surface area contributed by atoms with Crippen LogP contribution < -0.4 is 5.32 Å². The average molecular weight is 324 g/mol. The van der Waals surface area contributed by atoms with E-state index in [0.717, 1.165) is 5.76 Å². The van der Waals surface area contributed by atoms with Gasteiger partial charge in [0.2, 0.25) is 5.78 Å². The zero-order valence-corrected chi connectivity index (χ0v) is 12.8. The van der Waals surface area contributed by atoms with Crippen LogP contribution in [0, 0.1) is 0 Å². The van der Waals surface area contributed by atoms with Crippen molar-refractivity contribution in [3.63, 3.8) is 0 Å². The molecule has 0 fully saturated rings. The van der Waals surface area contributed by atoms with Gasteiger partial charge in [0, 0.05) is 11.9 Å². The van der Waals surface area contributed by atoms with Gasteiger partial charge in [-0.15, -0.1) is 0 Å². The number of benzene rings is 1. The van der Waals surface area contributed by atoms with E-state index in [-0.39, 0.29) is 12.4 Å². The van der Waals surface area contributed by atoms with Crippen molar-refractivity contribution < 1.29 is 18.7 Å². The summed E-state index contributed by atoms with van der Waals surface area (Å²) in [6.07, 6.45) is 3.23. The van der Waals surface area contributed by atoms with Crippen LogP contribution in [0.15, 0.2) is 65.4 Å². The van der Waals surface area contributed by atoms with Gasteiger partial charge in [0.15, 0.2) is 6.61 Å². The normalized spacial score (nSPS) is 10.3. The Morgan fingerprint density at radius 1 is 1.08 bits per heavy atom. The molecule has 0 saturated carbocycles. The van der Waals surface area contributed by atoms with Crippen LogP contribution in [0.25, 0.3) is 0 Å². The first kappa shape index (κ1) is 15.6. The lowest BCUT2D eigenvalue weighted by molar-refractivity contribution is 0.0474. The summed E-state index contributed by atoms with van der Waals surface area (Å²) in [5, 5.41) is 3.13. The van der Waals surface area contributed by atoms with Crippen LogP contribution in [0.2, 0.25) is 0 Å². The van der Waals surface area contributed by atoms with E-state index in [2.05, 4.69) is 10.3 Å². The number of hydrogen-bond donors (Lipinski definition) is 2. The van der Waals surface area contributed by atoms with Crippen LogP contribution in [0.3, 0.4) is 0 Å². The molecule has 0 spiro atoms. The zero-order valence-electron chi connectivity index (χ0n) is 12.8. The van der Waals surface area contributed by atoms with E-state index in [4.69, 9.17) is 9.15 Å². The summed E-state index contributed by atoms with van der Waals surface area (Å²) in [7, 11) is 0. The van der Waals surface area contributed by atoms with Gasteiger partial charge in [0.05, 0.1) is 24.1 Å². The van der Waals surface area contributed by atoms with Gasteiger partial charge in [-0.1, -0.05) is 12.1 Å². The zero-order chi connectivity index (χ0) is 16.8. The van der Waals surface area contributed by atoms with Gasteiger partial charge in [0.25, 0.3) is 0 Å². The minimum atomic E-state index is -0.558. The first-order valence-corrected chi connectivity index (χ1v) is 7.43. The molecule has 0 aliphatic carbocycles. The highest BCUT2D eigenvalue weighted by molar-refractivity contribution is 6.00. The topological polar surface area (TPSA) is 84.3 Å². The van der Waals surface area contributed by atoms with Crippen molar-refractivity contribution in [2.45, 2.75) is 6.54 Å². The number of aromatic nitrogens is 1. The molecular formula is C18H16N2O4. The lowest BCUT2D eigenvalue weighted by atomic mass is 10.1. The smallest absolute Gasteiger partial charge is 0.340 e. The van der Waals surface area contributed by atoms with Crippen molar-refractivity contribution in [1.82, 2.24) is 4.98 Å². The van der Waals surface area contributed by atoms with E-state index in [1.807, 2.05) is 12.1 Å². The maximum Gasteiger partial charge on any atom is 0.340 e. The van der Waals surface area contributed by atoms with Crippen molar-refractivity contribution in [3.05, 3.63) is 78.0 Å². The van der Waals surface area contributed by atoms with Crippen molar-refractivity contribution in [2.24, 2.45) is 0 Å². The summed E-state index contributed by atoms with van der Waals surface area (Å²) in [5.41, 5.74) is 1.39. The molecule has 122 valence electrons. The fraction of sp³-hybridized carbons (Fsp3) is 0.111. The maximum atomic E-state index is 12.3. The highest BCUT2D eigenvalue weighted by atomic mass is 16.5. The van der Waals surface area contributed by atoms with E-state index < -0.39 is 5.97 Å². The van der Waals surface area contributed by atoms with Crippen LogP contribution in [-0.4, -0.2) is 23.3 Å². The van der Waals surface area contributed by atoms with E-state index in [9.17, 15) is 9.59 Å². The summed E-state index contributed by atoms with van der Waals surface area (Å²) < 4.78 is 10.4. The van der Waals surface area contributed by atoms with E-state index in [1.54, 1.807) is 48.9 Å². The molecule has 2 heterocycles. The molecule has 0 radical (unpaired) electrons. The summed E-state index contributed by atoms with van der Waals surface area (Å²) in [6, 6.07) is 13.9. The minimum absolute atomic E-state index is 0.283. The Morgan fingerprint density at radius 3 is 2.71 bits per heavy atom. The number of furan rings is 1. The number of rotatable bonds is 7. The largest absolute Gasteiger partial charge is 0.467 e. The number of H-pyrrole nitrogens is 1. The number of aromatic amines is 1. The number of hydrogen-bond acceptors (Lipinski definition) is 5. The Morgan fingerprint density at radius 2 is 1.96 bits per heavy atom. The summed E-state index contributed by atoms with van der Waals surface area (Å²) in [5.74, 6) is -0.0908. The number of ketones is 1. The molecule has 3 aromatic rings. The summed E-state index contributed by atoms with van der Waals surface area (Å²) in [6.45, 7) is 0.130. The predicted octanol–water partition coefficient (Wildman–Crippen LogP) is 3.26. The van der Waals surface area contributed by atoms with E-state index >= 15 is 0 Å². The quantitative estimate of drug-likeness (QED) is 0.515. The second-order valence-electron chi connectivity index (χ2n) is 5.06. The molecule has 2 aromatic heterocycles. The molecule has 0 aliphatic heterocycles. The average Bonchev–Trinajstić information content (AvgIpc) is 3.31. The Kier molecular flexibility index (Phi) is 4.76. The van der Waals surface area contributed by atoms with Crippen LogP contribution in [-0.2, 0) is 11.3 Å². The lowest BCUT2D eigenvalue weighted by Gasteiger charge is -2.10. The maximum absolute atomic E-state index is 12.3. The first-order chi connectivity index (χ1) is 11.7. The molecule has 6 nitrogen and oxygen atoms in total. The van der Waals surface area contributed by atoms with Crippen LogP contribution in [0.4, 0.5) is 5.69 Å². The molecule has 0 atom stereocenters. The van der Waals surface area contributed by atoms with Gasteiger partial charge in [-0.2, -0.15) is 0 Å². The molecule has 0 aliphatic rings. The van der Waals surface area contributed by atoms with Crippen LogP contribution in [0.5, 0.6) is 0 Å². The van der Waals surface area contributed by atoms with Crippen molar-refractivity contribution in [1.29, 1.82) is 0 Å². The number of nitrogens with one attached hydrogen (secondary N) is 2. The first-order valence-electron chi connectivity index (χ1n) is 7.43. The van der Waals surface area contributed by atoms with E-state index in [1.165, 1.54) is 0 Å². The SMILES string of the molecule is O=C(COC(=O)c1ccccc1NCc1ccco1)c1ccc[nH]1. The fourth-order valence-electron chi connectivity index (χ4n) is 2.20. The number of ether oxygens (including phenoxy) is 1. The third-order valence-corrected chi connectivity index (χ3v) is 3.41. The Bertz CT molecular complexity index is 807. The number of carbonyl (C=O) groups is 2. The summed E-state index contributed by atoms with van der Waals surface area (Å²) >= 11 is 0. The molecule has 2 N–H and O–H groups in total. The van der Waals surface area contributed by atoms with Gasteiger partial charge < -0.3 is 19.5 Å². The van der Waals surface area contributed by atoms with Crippen LogP contribution in [0.1, 0.15) is 26.6 Å². The second kappa shape index (κ2) is 7.32. The van der Waals surface area contributed by atoms with Crippen molar-refractivity contribution >= 4 is 17.4 Å². The number of anilines is 1. The minimum Gasteiger partial charge on any atom is -0.467 e. The number of para-hydroxylation sites is 1. The van der Waals surface area contributed by atoms with E-state index in [0.29, 0.717) is 23.5 Å². The predicted molar refractivity (Wildman–Crippen MR) is 87.9 cm³/mol. The monoisotopic (exact) mass is 324 g/mol. The number of Topliss-reactive ketones (excluding diaryl/α,β-unsaturated/α-hetero) is 1. The molecule has 6 heteroatoms. The third kappa shape index (κ3) is 3.73.